The molecule has 1 aliphatic rings. The molecule has 0 N–H and O–H groups in total. The molecule has 0 bridgehead atoms. The predicted octanol–water partition coefficient (Wildman–Crippen LogP) is 5.02. The Bertz CT molecular complexity index is 1400. The van der Waals surface area contributed by atoms with E-state index in [0.717, 1.165) is 77.5 Å². The quantitative estimate of drug-likeness (QED) is 0.326. The predicted molar refractivity (Wildman–Crippen MR) is 145 cm³/mol. The van der Waals surface area contributed by atoms with Crippen molar-refractivity contribution in [2.45, 2.75) is 44.2 Å². The molecule has 1 aliphatic carbocycles. The highest BCUT2D eigenvalue weighted by Crippen LogP contribution is 2.35. The van der Waals surface area contributed by atoms with Crippen LogP contribution < -0.4 is 10.4 Å². The van der Waals surface area contributed by atoms with Crippen LogP contribution >= 0.6 is 0 Å². The first kappa shape index (κ1) is 24.5. The van der Waals surface area contributed by atoms with Gasteiger partial charge in [0.2, 0.25) is 0 Å². The van der Waals surface area contributed by atoms with Crippen LogP contribution in [0.5, 0.6) is 5.75 Å². The van der Waals surface area contributed by atoms with E-state index in [2.05, 4.69) is 54.3 Å². The van der Waals surface area contributed by atoms with Gasteiger partial charge in [0.05, 0.1) is 35.5 Å². The lowest BCUT2D eigenvalue weighted by Gasteiger charge is -2.29. The zero-order chi connectivity index (χ0) is 25.2. The average molecular weight is 489 g/mol. The van der Waals surface area contributed by atoms with Gasteiger partial charge in [0.15, 0.2) is 0 Å². The highest BCUT2D eigenvalue weighted by Gasteiger charge is 2.27. The van der Waals surface area contributed by atoms with E-state index in [1.807, 2.05) is 29.9 Å². The second kappa shape index (κ2) is 10.4. The van der Waals surface area contributed by atoms with Crippen molar-refractivity contribution < 1.29 is 9.47 Å². The van der Waals surface area contributed by atoms with E-state index in [-0.39, 0.29) is 17.8 Å². The molecule has 2 heterocycles. The van der Waals surface area contributed by atoms with Crippen molar-refractivity contribution in [2.24, 2.45) is 7.05 Å². The maximum Gasteiger partial charge on any atom is 0.329 e. The van der Waals surface area contributed by atoms with Gasteiger partial charge in [-0.3, -0.25) is 14.1 Å². The number of rotatable bonds is 8. The zero-order valence-corrected chi connectivity index (χ0v) is 21.7. The molecule has 36 heavy (non-hydrogen) atoms. The van der Waals surface area contributed by atoms with Crippen molar-refractivity contribution in [1.82, 2.24) is 19.0 Å². The van der Waals surface area contributed by atoms with E-state index in [4.69, 9.17) is 9.47 Å². The Kier molecular flexibility index (Phi) is 7.12. The van der Waals surface area contributed by atoms with E-state index in [1.165, 1.54) is 0 Å². The Morgan fingerprint density at radius 2 is 1.86 bits per heavy atom. The molecule has 0 aliphatic heterocycles. The van der Waals surface area contributed by atoms with Gasteiger partial charge in [0.25, 0.3) is 0 Å². The lowest BCUT2D eigenvalue weighted by atomic mass is 9.92. The van der Waals surface area contributed by atoms with Gasteiger partial charge in [-0.1, -0.05) is 18.2 Å². The molecule has 7 heteroatoms. The number of nitrogens with zero attached hydrogens (tertiary/aromatic N) is 4. The number of benzene rings is 2. The number of ether oxygens (including phenoxy) is 2. The van der Waals surface area contributed by atoms with Crippen LogP contribution in [0.1, 0.15) is 38.1 Å². The standard InChI is InChI=1S/C29H36N4O3/c1-31(2)15-6-16-36-23-12-9-20(10-13-23)21-11-14-26-25(17-21)28-27(19-30-26)32(3)29(34)33(28)22-7-5-8-24(18-22)35-4/h9-14,17,19,22,24H,5-8,15-16,18H2,1-4H3/t22-,24-/m1/s1. The highest BCUT2D eigenvalue weighted by molar-refractivity contribution is 6.04. The van der Waals surface area contributed by atoms with E-state index >= 15 is 0 Å². The summed E-state index contributed by atoms with van der Waals surface area (Å²) in [6, 6.07) is 14.7. The minimum Gasteiger partial charge on any atom is -0.494 e. The first-order valence-corrected chi connectivity index (χ1v) is 12.9. The van der Waals surface area contributed by atoms with Crippen LogP contribution in [0, 0.1) is 0 Å². The second-order valence-corrected chi connectivity index (χ2v) is 10.1. The Morgan fingerprint density at radius 1 is 1.08 bits per heavy atom. The van der Waals surface area contributed by atoms with E-state index < -0.39 is 0 Å². The number of hydrogen-bond donors (Lipinski definition) is 0. The normalized spacial score (nSPS) is 18.4. The topological polar surface area (TPSA) is 61.5 Å². The van der Waals surface area contributed by atoms with Gasteiger partial charge in [0, 0.05) is 32.1 Å². The molecule has 2 atom stereocenters. The smallest absolute Gasteiger partial charge is 0.329 e. The van der Waals surface area contributed by atoms with Gasteiger partial charge < -0.3 is 14.4 Å². The minimum absolute atomic E-state index is 0.0159. The molecule has 2 aromatic carbocycles. The molecule has 0 amide bonds. The van der Waals surface area contributed by atoms with Crippen molar-refractivity contribution in [3.63, 3.8) is 0 Å². The number of aryl methyl sites for hydroxylation is 1. The maximum absolute atomic E-state index is 13.4. The zero-order valence-electron chi connectivity index (χ0n) is 21.7. The molecule has 0 unspecified atom stereocenters. The monoisotopic (exact) mass is 488 g/mol. The minimum atomic E-state index is 0.0159. The van der Waals surface area contributed by atoms with Crippen LogP contribution in [0.15, 0.2) is 53.5 Å². The Hall–Kier alpha value is -3.16. The summed E-state index contributed by atoms with van der Waals surface area (Å²) in [6.45, 7) is 1.71. The fourth-order valence-corrected chi connectivity index (χ4v) is 5.43. The summed E-state index contributed by atoms with van der Waals surface area (Å²) >= 11 is 0. The number of hydrogen-bond acceptors (Lipinski definition) is 5. The van der Waals surface area contributed by atoms with Crippen LogP contribution in [-0.4, -0.2) is 59.5 Å². The summed E-state index contributed by atoms with van der Waals surface area (Å²) < 4.78 is 15.3. The molecule has 0 radical (unpaired) electrons. The largest absolute Gasteiger partial charge is 0.494 e. The Morgan fingerprint density at radius 3 is 2.61 bits per heavy atom. The number of fused-ring (bicyclic) bond motifs is 3. The molecule has 2 aromatic heterocycles. The molecule has 1 fully saturated rings. The summed E-state index contributed by atoms with van der Waals surface area (Å²) in [5.41, 5.74) is 4.95. The summed E-state index contributed by atoms with van der Waals surface area (Å²) in [5, 5.41) is 1.01. The van der Waals surface area contributed by atoms with Crippen LogP contribution in [0.25, 0.3) is 33.1 Å². The third kappa shape index (κ3) is 4.77. The Labute approximate surface area is 212 Å². The number of aromatic nitrogens is 3. The van der Waals surface area contributed by atoms with Crippen LogP contribution in [0.2, 0.25) is 0 Å². The van der Waals surface area contributed by atoms with E-state index in [9.17, 15) is 4.79 Å². The van der Waals surface area contributed by atoms with Gasteiger partial charge in [-0.2, -0.15) is 0 Å². The molecule has 190 valence electrons. The van der Waals surface area contributed by atoms with Crippen molar-refractivity contribution >= 4 is 21.9 Å². The summed E-state index contributed by atoms with van der Waals surface area (Å²) in [4.78, 5) is 20.2. The molecule has 0 saturated heterocycles. The van der Waals surface area contributed by atoms with Gasteiger partial charge >= 0.3 is 5.69 Å². The molecule has 0 spiro atoms. The summed E-state index contributed by atoms with van der Waals surface area (Å²) in [6.07, 6.45) is 6.96. The second-order valence-electron chi connectivity index (χ2n) is 10.1. The van der Waals surface area contributed by atoms with Gasteiger partial charge in [-0.05, 0) is 81.6 Å². The van der Waals surface area contributed by atoms with Crippen molar-refractivity contribution in [3.8, 4) is 16.9 Å². The van der Waals surface area contributed by atoms with Crippen LogP contribution in [-0.2, 0) is 11.8 Å². The van der Waals surface area contributed by atoms with E-state index in [1.54, 1.807) is 11.7 Å². The van der Waals surface area contributed by atoms with Gasteiger partial charge in [-0.15, -0.1) is 0 Å². The van der Waals surface area contributed by atoms with Gasteiger partial charge in [-0.25, -0.2) is 4.79 Å². The lowest BCUT2D eigenvalue weighted by Crippen LogP contribution is -2.31. The molecule has 1 saturated carbocycles. The maximum atomic E-state index is 13.4. The molecule has 5 rings (SSSR count). The van der Waals surface area contributed by atoms with Crippen molar-refractivity contribution in [2.75, 3.05) is 34.4 Å². The third-order valence-corrected chi connectivity index (χ3v) is 7.42. The fourth-order valence-electron chi connectivity index (χ4n) is 5.43. The van der Waals surface area contributed by atoms with E-state index in [0.29, 0.717) is 6.61 Å². The number of pyridine rings is 1. The summed E-state index contributed by atoms with van der Waals surface area (Å²) in [7, 11) is 7.75. The van der Waals surface area contributed by atoms with Crippen molar-refractivity contribution in [1.29, 1.82) is 0 Å². The third-order valence-electron chi connectivity index (χ3n) is 7.42. The molecule has 4 aromatic rings. The Balaban J connectivity index is 1.51. The lowest BCUT2D eigenvalue weighted by molar-refractivity contribution is 0.0531. The van der Waals surface area contributed by atoms with Crippen molar-refractivity contribution in [3.05, 3.63) is 59.1 Å². The van der Waals surface area contributed by atoms with Crippen LogP contribution in [0.3, 0.4) is 0 Å². The number of methoxy groups -OCH3 is 1. The fraction of sp³-hybridized carbons (Fsp3) is 0.448. The molecule has 7 nitrogen and oxygen atoms in total. The highest BCUT2D eigenvalue weighted by atomic mass is 16.5. The SMILES string of the molecule is CO[C@@H]1CCC[C@@H](n2c(=O)n(C)c3cnc4ccc(-c5ccc(OCCCN(C)C)cc5)cc4c32)C1. The van der Waals surface area contributed by atoms with Crippen LogP contribution in [0.4, 0.5) is 0 Å². The molecular formula is C29H36N4O3. The summed E-state index contributed by atoms with van der Waals surface area (Å²) in [5.74, 6) is 0.879. The first-order valence-electron chi connectivity index (χ1n) is 12.9. The first-order chi connectivity index (χ1) is 17.5. The average Bonchev–Trinajstić information content (AvgIpc) is 3.16. The number of imidazole rings is 1. The van der Waals surface area contributed by atoms with Gasteiger partial charge in [0.1, 0.15) is 5.75 Å². The molecular weight excluding hydrogens is 452 g/mol.